The van der Waals surface area contributed by atoms with E-state index in [0.717, 1.165) is 11.8 Å². The van der Waals surface area contributed by atoms with E-state index in [9.17, 15) is 13.2 Å². The van der Waals surface area contributed by atoms with Gasteiger partial charge in [-0.3, -0.25) is 4.79 Å². The zero-order chi connectivity index (χ0) is 21.8. The van der Waals surface area contributed by atoms with Gasteiger partial charge in [-0.1, -0.05) is 54.6 Å². The third-order valence-corrected chi connectivity index (χ3v) is 5.51. The highest BCUT2D eigenvalue weighted by Crippen LogP contribution is 2.28. The molecule has 4 rings (SSSR count). The highest BCUT2D eigenvalue weighted by molar-refractivity contribution is 7.89. The summed E-state index contributed by atoms with van der Waals surface area (Å²) in [5, 5.41) is 3.44. The van der Waals surface area contributed by atoms with Crippen LogP contribution in [0.15, 0.2) is 83.3 Å². The van der Waals surface area contributed by atoms with Crippen LogP contribution < -0.4 is 10.1 Å². The number of sulfone groups is 1. The van der Waals surface area contributed by atoms with Crippen LogP contribution in [0.1, 0.15) is 21.7 Å². The number of hydrogen-bond acceptors (Lipinski definition) is 5. The maximum atomic E-state index is 12.9. The molecule has 0 atom stereocenters. The van der Waals surface area contributed by atoms with Crippen LogP contribution in [-0.2, 0) is 22.1 Å². The van der Waals surface area contributed by atoms with Crippen molar-refractivity contribution < 1.29 is 22.4 Å². The second-order valence-corrected chi connectivity index (χ2v) is 9.32. The molecule has 0 unspecified atom stereocenters. The summed E-state index contributed by atoms with van der Waals surface area (Å²) in [5.41, 5.74) is 1.61. The van der Waals surface area contributed by atoms with Crippen LogP contribution in [0.3, 0.4) is 0 Å². The number of carbonyl (C=O) groups is 1. The molecule has 7 heteroatoms. The van der Waals surface area contributed by atoms with Gasteiger partial charge in [0, 0.05) is 29.3 Å². The molecule has 0 spiro atoms. The van der Waals surface area contributed by atoms with Gasteiger partial charge in [0.2, 0.25) is 0 Å². The third kappa shape index (κ3) is 4.95. The second-order valence-electron chi connectivity index (χ2n) is 7.18. The van der Waals surface area contributed by atoms with E-state index in [4.69, 9.17) is 9.15 Å². The lowest BCUT2D eigenvalue weighted by Crippen LogP contribution is -2.24. The summed E-state index contributed by atoms with van der Waals surface area (Å²) in [6.45, 7) is 0.192. The number of fused-ring (bicyclic) bond motifs is 1. The van der Waals surface area contributed by atoms with Crippen molar-refractivity contribution in [3.63, 3.8) is 0 Å². The summed E-state index contributed by atoms with van der Waals surface area (Å²) in [6.07, 6.45) is 1.13. The number of hydrogen-bond donors (Lipinski definition) is 1. The van der Waals surface area contributed by atoms with E-state index in [2.05, 4.69) is 5.32 Å². The molecule has 0 radical (unpaired) electrons. The summed E-state index contributed by atoms with van der Waals surface area (Å²) in [4.78, 5) is 12.9. The predicted molar refractivity (Wildman–Crippen MR) is 119 cm³/mol. The van der Waals surface area contributed by atoms with Crippen LogP contribution in [0, 0.1) is 0 Å². The summed E-state index contributed by atoms with van der Waals surface area (Å²) in [5.74, 6) is 0.557. The second kappa shape index (κ2) is 8.65. The Morgan fingerprint density at radius 1 is 0.935 bits per heavy atom. The maximum absolute atomic E-state index is 12.9. The molecule has 158 valence electrons. The number of ether oxygens (including phenoxy) is 1. The number of carbonyl (C=O) groups excluding carboxylic acids is 1. The first kappa shape index (κ1) is 20.7. The Morgan fingerprint density at radius 3 is 2.39 bits per heavy atom. The molecular weight excluding hydrogens is 414 g/mol. The lowest BCUT2D eigenvalue weighted by molar-refractivity contribution is 0.0924. The van der Waals surface area contributed by atoms with Crippen LogP contribution in [0.2, 0.25) is 0 Å². The first-order valence-corrected chi connectivity index (χ1v) is 11.7. The Hall–Kier alpha value is -3.58. The number of furan rings is 1. The molecule has 4 aromatic rings. The minimum absolute atomic E-state index is 0.00749. The molecule has 31 heavy (non-hydrogen) atoms. The van der Waals surface area contributed by atoms with Crippen molar-refractivity contribution in [1.82, 2.24) is 5.32 Å². The third-order valence-electron chi connectivity index (χ3n) is 4.69. The van der Waals surface area contributed by atoms with Crippen molar-refractivity contribution in [2.75, 3.05) is 6.26 Å². The van der Waals surface area contributed by atoms with Crippen molar-refractivity contribution in [1.29, 1.82) is 0 Å². The van der Waals surface area contributed by atoms with Crippen LogP contribution in [0.25, 0.3) is 11.0 Å². The van der Waals surface area contributed by atoms with E-state index in [1.165, 1.54) is 0 Å². The van der Waals surface area contributed by atoms with Crippen molar-refractivity contribution in [2.24, 2.45) is 0 Å². The summed E-state index contributed by atoms with van der Waals surface area (Å²) in [7, 11) is -3.36. The van der Waals surface area contributed by atoms with Gasteiger partial charge in [0.05, 0.1) is 5.75 Å². The van der Waals surface area contributed by atoms with Gasteiger partial charge in [-0.15, -0.1) is 0 Å². The van der Waals surface area contributed by atoms with E-state index in [1.807, 2.05) is 54.6 Å². The first-order chi connectivity index (χ1) is 14.9. The lowest BCUT2D eigenvalue weighted by Gasteiger charge is -2.12. The van der Waals surface area contributed by atoms with Gasteiger partial charge in [-0.05, 0) is 24.3 Å². The van der Waals surface area contributed by atoms with Gasteiger partial charge in [-0.2, -0.15) is 0 Å². The van der Waals surface area contributed by atoms with E-state index >= 15 is 0 Å². The van der Waals surface area contributed by atoms with Gasteiger partial charge in [0.25, 0.3) is 5.91 Å². The fraction of sp³-hybridized carbons (Fsp3) is 0.125. The van der Waals surface area contributed by atoms with E-state index in [1.54, 1.807) is 24.3 Å². The van der Waals surface area contributed by atoms with Gasteiger partial charge < -0.3 is 14.5 Å². The fourth-order valence-electron chi connectivity index (χ4n) is 3.31. The Balaban J connectivity index is 1.58. The molecule has 1 aromatic heterocycles. The molecule has 1 amide bonds. The van der Waals surface area contributed by atoms with Crippen molar-refractivity contribution >= 4 is 26.7 Å². The van der Waals surface area contributed by atoms with Gasteiger partial charge in [0.15, 0.2) is 15.6 Å². The smallest absolute Gasteiger partial charge is 0.287 e. The van der Waals surface area contributed by atoms with Crippen LogP contribution in [-0.4, -0.2) is 20.6 Å². The highest BCUT2D eigenvalue weighted by atomic mass is 32.2. The van der Waals surface area contributed by atoms with Gasteiger partial charge in [0.1, 0.15) is 17.1 Å². The molecular formula is C24H21NO5S. The van der Waals surface area contributed by atoms with E-state index in [-0.39, 0.29) is 18.1 Å². The molecule has 1 N–H and O–H groups in total. The molecule has 6 nitrogen and oxygen atoms in total. The number of para-hydroxylation sites is 3. The Kier molecular flexibility index (Phi) is 5.77. The molecule has 0 aliphatic rings. The standard InChI is InChI=1S/C24H21NO5S/c1-31(27,28)16-20-19-12-6-8-14-22(19)30-23(20)24(26)25-15-17-9-5-7-13-21(17)29-18-10-3-2-4-11-18/h2-14H,15-16H2,1H3,(H,25,26). The molecule has 3 aromatic carbocycles. The monoisotopic (exact) mass is 435 g/mol. The normalized spacial score (nSPS) is 11.4. The maximum Gasteiger partial charge on any atom is 0.287 e. The minimum atomic E-state index is -3.36. The molecule has 0 bridgehead atoms. The average Bonchev–Trinajstić information content (AvgIpc) is 3.11. The van der Waals surface area contributed by atoms with Crippen LogP contribution in [0.4, 0.5) is 0 Å². The molecule has 1 heterocycles. The quantitative estimate of drug-likeness (QED) is 0.455. The number of amides is 1. The number of rotatable bonds is 7. The molecule has 0 saturated heterocycles. The van der Waals surface area contributed by atoms with E-state index in [0.29, 0.717) is 28.0 Å². The highest BCUT2D eigenvalue weighted by Gasteiger charge is 2.23. The van der Waals surface area contributed by atoms with Gasteiger partial charge >= 0.3 is 0 Å². The van der Waals surface area contributed by atoms with Crippen LogP contribution in [0.5, 0.6) is 11.5 Å². The Bertz CT molecular complexity index is 1330. The van der Waals surface area contributed by atoms with Gasteiger partial charge in [-0.25, -0.2) is 8.42 Å². The first-order valence-electron chi connectivity index (χ1n) is 9.68. The average molecular weight is 436 g/mol. The van der Waals surface area contributed by atoms with Crippen molar-refractivity contribution in [3.05, 3.63) is 95.7 Å². The topological polar surface area (TPSA) is 85.6 Å². The number of nitrogens with one attached hydrogen (secondary N) is 1. The zero-order valence-corrected chi connectivity index (χ0v) is 17.7. The van der Waals surface area contributed by atoms with E-state index < -0.39 is 15.7 Å². The SMILES string of the molecule is CS(=O)(=O)Cc1c(C(=O)NCc2ccccc2Oc2ccccc2)oc2ccccc12. The largest absolute Gasteiger partial charge is 0.457 e. The Labute approximate surface area is 180 Å². The molecule has 0 aliphatic heterocycles. The Morgan fingerprint density at radius 2 is 1.61 bits per heavy atom. The van der Waals surface area contributed by atoms with Crippen LogP contribution >= 0.6 is 0 Å². The summed E-state index contributed by atoms with van der Waals surface area (Å²) < 4.78 is 35.5. The fourth-order valence-corrected chi connectivity index (χ4v) is 4.12. The zero-order valence-electron chi connectivity index (χ0n) is 16.9. The summed E-state index contributed by atoms with van der Waals surface area (Å²) >= 11 is 0. The minimum Gasteiger partial charge on any atom is -0.457 e. The molecule has 0 aliphatic carbocycles. The van der Waals surface area contributed by atoms with Crippen molar-refractivity contribution in [3.8, 4) is 11.5 Å². The number of benzene rings is 3. The summed E-state index contributed by atoms with van der Waals surface area (Å²) in [6, 6.07) is 23.8. The predicted octanol–water partition coefficient (Wildman–Crippen LogP) is 4.70. The van der Waals surface area contributed by atoms with Crippen molar-refractivity contribution in [2.45, 2.75) is 12.3 Å². The molecule has 0 saturated carbocycles. The lowest BCUT2D eigenvalue weighted by atomic mass is 10.1. The molecule has 0 fully saturated rings.